The van der Waals surface area contributed by atoms with Crippen LogP contribution in [0.25, 0.3) is 0 Å². The van der Waals surface area contributed by atoms with Crippen LogP contribution in [0.3, 0.4) is 0 Å². The zero-order valence-electron chi connectivity index (χ0n) is 14.0. The van der Waals surface area contributed by atoms with Crippen LogP contribution in [0.15, 0.2) is 0 Å². The molecule has 0 aromatic heterocycles. The van der Waals surface area contributed by atoms with Gasteiger partial charge in [0.15, 0.2) is 6.29 Å². The number of unbranched alkanes of at least 4 members (excludes halogenated alkanes) is 5. The topological polar surface area (TPSA) is 18.5 Å². The molecule has 2 nitrogen and oxygen atoms in total. The van der Waals surface area contributed by atoms with Gasteiger partial charge in [0, 0.05) is 13.2 Å². The average molecular weight is 272 g/mol. The summed E-state index contributed by atoms with van der Waals surface area (Å²) in [5.41, 5.74) is 0.468. The Hall–Kier alpha value is -0.0800. The molecule has 1 unspecified atom stereocenters. The van der Waals surface area contributed by atoms with Gasteiger partial charge in [-0.25, -0.2) is 0 Å². The summed E-state index contributed by atoms with van der Waals surface area (Å²) in [6, 6.07) is 0. The molecule has 1 atom stereocenters. The molecule has 0 N–H and O–H groups in total. The minimum Gasteiger partial charge on any atom is -0.353 e. The molecule has 0 rings (SSSR count). The van der Waals surface area contributed by atoms with E-state index in [1.54, 1.807) is 0 Å². The van der Waals surface area contributed by atoms with Crippen LogP contribution in [-0.2, 0) is 9.47 Å². The number of ether oxygens (including phenoxy) is 2. The minimum atomic E-state index is -0.0377. The van der Waals surface area contributed by atoms with Crippen molar-refractivity contribution in [1.82, 2.24) is 0 Å². The first-order valence-corrected chi connectivity index (χ1v) is 8.19. The van der Waals surface area contributed by atoms with Crippen LogP contribution in [0.1, 0.15) is 86.0 Å². The molecule has 0 aromatic carbocycles. The van der Waals surface area contributed by atoms with Crippen LogP contribution in [0.4, 0.5) is 0 Å². The summed E-state index contributed by atoms with van der Waals surface area (Å²) in [5, 5.41) is 0. The molecule has 19 heavy (non-hydrogen) atoms. The van der Waals surface area contributed by atoms with Crippen LogP contribution in [0.5, 0.6) is 0 Å². The summed E-state index contributed by atoms with van der Waals surface area (Å²) in [6.45, 7) is 12.8. The lowest BCUT2D eigenvalue weighted by Gasteiger charge is -2.18. The highest BCUT2D eigenvalue weighted by Crippen LogP contribution is 2.21. The molecule has 0 aliphatic rings. The highest BCUT2D eigenvalue weighted by atomic mass is 16.7. The van der Waals surface area contributed by atoms with Crippen molar-refractivity contribution in [2.75, 3.05) is 13.2 Å². The summed E-state index contributed by atoms with van der Waals surface area (Å²) in [6.07, 6.45) is 10.0. The Kier molecular flexibility index (Phi) is 11.7. The highest BCUT2D eigenvalue weighted by Gasteiger charge is 2.08. The molecule has 0 bridgehead atoms. The van der Waals surface area contributed by atoms with Gasteiger partial charge in [-0.15, -0.1) is 0 Å². The predicted octanol–water partition coefficient (Wildman–Crippen LogP) is 5.55. The molecule has 0 fully saturated rings. The molecule has 0 aliphatic carbocycles. The van der Waals surface area contributed by atoms with Gasteiger partial charge in [0.05, 0.1) is 0 Å². The van der Waals surface area contributed by atoms with Crippen LogP contribution in [-0.4, -0.2) is 19.5 Å². The SMILES string of the molecule is CCCCCCOC(C)OCCCCCC(C)(C)C. The van der Waals surface area contributed by atoms with Gasteiger partial charge in [0.25, 0.3) is 0 Å². The zero-order valence-corrected chi connectivity index (χ0v) is 14.0. The van der Waals surface area contributed by atoms with E-state index >= 15 is 0 Å². The van der Waals surface area contributed by atoms with E-state index in [-0.39, 0.29) is 6.29 Å². The monoisotopic (exact) mass is 272 g/mol. The van der Waals surface area contributed by atoms with E-state index in [2.05, 4.69) is 27.7 Å². The lowest BCUT2D eigenvalue weighted by Crippen LogP contribution is -2.14. The summed E-state index contributed by atoms with van der Waals surface area (Å²) in [4.78, 5) is 0. The van der Waals surface area contributed by atoms with Crippen molar-refractivity contribution in [1.29, 1.82) is 0 Å². The fourth-order valence-electron chi connectivity index (χ4n) is 2.01. The molecule has 0 aromatic rings. The second-order valence-electron chi connectivity index (χ2n) is 6.74. The van der Waals surface area contributed by atoms with Gasteiger partial charge >= 0.3 is 0 Å². The fourth-order valence-corrected chi connectivity index (χ4v) is 2.01. The van der Waals surface area contributed by atoms with Crippen LogP contribution >= 0.6 is 0 Å². The fraction of sp³-hybridized carbons (Fsp3) is 1.00. The first kappa shape index (κ1) is 18.9. The van der Waals surface area contributed by atoms with E-state index in [0.29, 0.717) is 5.41 Å². The van der Waals surface area contributed by atoms with E-state index in [9.17, 15) is 0 Å². The molecule has 116 valence electrons. The summed E-state index contributed by atoms with van der Waals surface area (Å²) in [7, 11) is 0. The summed E-state index contributed by atoms with van der Waals surface area (Å²) < 4.78 is 11.3. The quantitative estimate of drug-likeness (QED) is 0.342. The van der Waals surface area contributed by atoms with E-state index in [4.69, 9.17) is 9.47 Å². The van der Waals surface area contributed by atoms with Crippen molar-refractivity contribution < 1.29 is 9.47 Å². The van der Waals surface area contributed by atoms with Gasteiger partial charge < -0.3 is 9.47 Å². The third-order valence-corrected chi connectivity index (χ3v) is 3.27. The molecule has 0 aliphatic heterocycles. The Balaban J connectivity index is 3.22. The van der Waals surface area contributed by atoms with E-state index < -0.39 is 0 Å². The molecule has 0 heterocycles. The number of hydrogen-bond donors (Lipinski definition) is 0. The van der Waals surface area contributed by atoms with Gasteiger partial charge in [0.2, 0.25) is 0 Å². The normalized spacial score (nSPS) is 13.7. The minimum absolute atomic E-state index is 0.0377. The van der Waals surface area contributed by atoms with Crippen molar-refractivity contribution in [2.45, 2.75) is 92.3 Å². The lowest BCUT2D eigenvalue weighted by molar-refractivity contribution is -0.131. The molecule has 0 spiro atoms. The van der Waals surface area contributed by atoms with Crippen molar-refractivity contribution in [2.24, 2.45) is 5.41 Å². The maximum absolute atomic E-state index is 5.66. The molecular weight excluding hydrogens is 236 g/mol. The van der Waals surface area contributed by atoms with Crippen LogP contribution in [0.2, 0.25) is 0 Å². The molecule has 0 saturated heterocycles. The van der Waals surface area contributed by atoms with Crippen LogP contribution in [0, 0.1) is 5.41 Å². The van der Waals surface area contributed by atoms with E-state index in [1.165, 1.54) is 38.5 Å². The smallest absolute Gasteiger partial charge is 0.154 e. The van der Waals surface area contributed by atoms with Gasteiger partial charge in [-0.1, -0.05) is 59.8 Å². The first-order chi connectivity index (χ1) is 8.95. The first-order valence-electron chi connectivity index (χ1n) is 8.19. The van der Waals surface area contributed by atoms with Crippen LogP contribution < -0.4 is 0 Å². The zero-order chi connectivity index (χ0) is 14.6. The summed E-state index contributed by atoms with van der Waals surface area (Å²) in [5.74, 6) is 0. The molecule has 0 saturated carbocycles. The number of rotatable bonds is 12. The van der Waals surface area contributed by atoms with Crippen molar-refractivity contribution in [3.8, 4) is 0 Å². The maximum atomic E-state index is 5.66. The number of hydrogen-bond acceptors (Lipinski definition) is 2. The Bertz CT molecular complexity index is 184. The van der Waals surface area contributed by atoms with Gasteiger partial charge in [-0.2, -0.15) is 0 Å². The largest absolute Gasteiger partial charge is 0.353 e. The van der Waals surface area contributed by atoms with Crippen molar-refractivity contribution in [3.63, 3.8) is 0 Å². The second kappa shape index (κ2) is 11.7. The maximum Gasteiger partial charge on any atom is 0.154 e. The summed E-state index contributed by atoms with van der Waals surface area (Å²) >= 11 is 0. The Morgan fingerprint density at radius 1 is 0.789 bits per heavy atom. The van der Waals surface area contributed by atoms with E-state index in [0.717, 1.165) is 26.1 Å². The highest BCUT2D eigenvalue weighted by molar-refractivity contribution is 4.60. The van der Waals surface area contributed by atoms with Gasteiger partial charge in [-0.3, -0.25) is 0 Å². The Morgan fingerprint density at radius 2 is 1.32 bits per heavy atom. The third kappa shape index (κ3) is 15.9. The molecule has 0 radical (unpaired) electrons. The molecular formula is C17H36O2. The lowest BCUT2D eigenvalue weighted by atomic mass is 9.89. The molecule has 2 heteroatoms. The van der Waals surface area contributed by atoms with Crippen molar-refractivity contribution >= 4 is 0 Å². The predicted molar refractivity (Wildman–Crippen MR) is 83.4 cm³/mol. The Labute approximate surface area is 121 Å². The molecule has 0 amide bonds. The third-order valence-electron chi connectivity index (χ3n) is 3.27. The standard InChI is InChI=1S/C17H36O2/c1-6-7-8-11-14-18-16(2)19-15-12-9-10-13-17(3,4)5/h16H,6-15H2,1-5H3. The van der Waals surface area contributed by atoms with E-state index in [1.807, 2.05) is 6.92 Å². The van der Waals surface area contributed by atoms with Crippen molar-refractivity contribution in [3.05, 3.63) is 0 Å². The van der Waals surface area contributed by atoms with Gasteiger partial charge in [-0.05, 0) is 31.6 Å². The van der Waals surface area contributed by atoms with Gasteiger partial charge in [0.1, 0.15) is 0 Å². The second-order valence-corrected chi connectivity index (χ2v) is 6.74. The Morgan fingerprint density at radius 3 is 1.79 bits per heavy atom. The average Bonchev–Trinajstić information content (AvgIpc) is 2.32.